The lowest BCUT2D eigenvalue weighted by molar-refractivity contribution is -0.129. The van der Waals surface area contributed by atoms with Crippen LogP contribution in [-0.2, 0) is 4.79 Å². The molecule has 1 aromatic rings. The second kappa shape index (κ2) is 9.86. The monoisotopic (exact) mass is 290 g/mol. The number of benzene rings is 1. The molecular weight excluding hydrogens is 264 g/mol. The highest BCUT2D eigenvalue weighted by Gasteiger charge is 2.12. The van der Waals surface area contributed by atoms with Gasteiger partial charge >= 0.3 is 0 Å². The van der Waals surface area contributed by atoms with Gasteiger partial charge in [-0.25, -0.2) is 0 Å². The van der Waals surface area contributed by atoms with Gasteiger partial charge in [-0.1, -0.05) is 38.6 Å². The van der Waals surface area contributed by atoms with Crippen LogP contribution in [0.1, 0.15) is 26.7 Å². The lowest BCUT2D eigenvalue weighted by Gasteiger charge is -2.22. The molecule has 0 aliphatic heterocycles. The van der Waals surface area contributed by atoms with Gasteiger partial charge in [0.05, 0.1) is 12.2 Å². The molecule has 4 nitrogen and oxygen atoms in total. The van der Waals surface area contributed by atoms with E-state index in [9.17, 15) is 4.79 Å². The van der Waals surface area contributed by atoms with Gasteiger partial charge in [0.25, 0.3) is 0 Å². The van der Waals surface area contributed by atoms with Gasteiger partial charge in [0.1, 0.15) is 12.4 Å². The van der Waals surface area contributed by atoms with Gasteiger partial charge in [-0.15, -0.1) is 0 Å². The van der Waals surface area contributed by atoms with E-state index in [0.29, 0.717) is 6.61 Å². The van der Waals surface area contributed by atoms with Gasteiger partial charge in [-0.05, 0) is 25.0 Å². The van der Waals surface area contributed by atoms with Crippen LogP contribution >= 0.6 is 0 Å². The fourth-order valence-electron chi connectivity index (χ4n) is 2.07. The van der Waals surface area contributed by atoms with Crippen molar-refractivity contribution in [1.82, 2.24) is 4.90 Å². The van der Waals surface area contributed by atoms with E-state index < -0.39 is 0 Å². The molecule has 0 aromatic heterocycles. The number of hydrogen-bond donors (Lipinski definition) is 1. The summed E-state index contributed by atoms with van der Waals surface area (Å²) in [5.74, 6) is 0.861. The van der Waals surface area contributed by atoms with E-state index in [-0.39, 0.29) is 12.5 Å². The largest absolute Gasteiger partial charge is 0.487 e. The maximum Gasteiger partial charge on any atom is 0.241 e. The highest BCUT2D eigenvalue weighted by molar-refractivity contribution is 5.81. The summed E-state index contributed by atoms with van der Waals surface area (Å²) in [5, 5.41) is 3.17. The van der Waals surface area contributed by atoms with Crippen LogP contribution in [0.4, 0.5) is 5.69 Å². The van der Waals surface area contributed by atoms with Crippen LogP contribution in [-0.4, -0.2) is 37.0 Å². The number of amides is 1. The summed E-state index contributed by atoms with van der Waals surface area (Å²) in [7, 11) is 0. The first-order valence-electron chi connectivity index (χ1n) is 7.57. The minimum atomic E-state index is 0.122. The zero-order valence-corrected chi connectivity index (χ0v) is 13.1. The molecule has 0 aliphatic carbocycles. The summed E-state index contributed by atoms with van der Waals surface area (Å²) in [6, 6.07) is 7.62. The number of carbonyl (C=O) groups excluding carboxylic acids is 1. The quantitative estimate of drug-likeness (QED) is 0.672. The van der Waals surface area contributed by atoms with Crippen molar-refractivity contribution in [2.24, 2.45) is 0 Å². The van der Waals surface area contributed by atoms with E-state index in [4.69, 9.17) is 4.74 Å². The highest BCUT2D eigenvalue weighted by atomic mass is 16.5. The Labute approximate surface area is 127 Å². The van der Waals surface area contributed by atoms with Crippen molar-refractivity contribution < 1.29 is 9.53 Å². The Kier molecular flexibility index (Phi) is 8.02. The first-order valence-corrected chi connectivity index (χ1v) is 7.57. The minimum Gasteiger partial charge on any atom is -0.487 e. The zero-order valence-electron chi connectivity index (χ0n) is 13.1. The number of carbonyl (C=O) groups is 1. The van der Waals surface area contributed by atoms with E-state index in [2.05, 4.69) is 25.7 Å². The van der Waals surface area contributed by atoms with Crippen molar-refractivity contribution >= 4 is 11.6 Å². The summed E-state index contributed by atoms with van der Waals surface area (Å²) in [4.78, 5) is 14.1. The van der Waals surface area contributed by atoms with E-state index in [0.717, 1.165) is 37.4 Å². The molecule has 0 radical (unpaired) electrons. The van der Waals surface area contributed by atoms with Crippen LogP contribution in [0.2, 0.25) is 0 Å². The second-order valence-corrected chi connectivity index (χ2v) is 4.83. The van der Waals surface area contributed by atoms with E-state index in [1.165, 1.54) is 0 Å². The molecule has 0 spiro atoms. The minimum absolute atomic E-state index is 0.122. The van der Waals surface area contributed by atoms with Crippen molar-refractivity contribution in [2.75, 3.05) is 31.6 Å². The number of anilines is 1. The Morgan fingerprint density at radius 3 is 2.57 bits per heavy atom. The summed E-state index contributed by atoms with van der Waals surface area (Å²) >= 11 is 0. The molecule has 0 heterocycles. The number of rotatable bonds is 10. The average molecular weight is 290 g/mol. The maximum atomic E-state index is 12.2. The number of nitrogens with zero attached hydrogens (tertiary/aromatic N) is 1. The van der Waals surface area contributed by atoms with Crippen LogP contribution < -0.4 is 10.1 Å². The van der Waals surface area contributed by atoms with Crippen LogP contribution in [0.5, 0.6) is 5.75 Å². The van der Waals surface area contributed by atoms with Gasteiger partial charge in [-0.3, -0.25) is 4.79 Å². The Balaban J connectivity index is 2.60. The smallest absolute Gasteiger partial charge is 0.241 e. The molecule has 1 aromatic carbocycles. The summed E-state index contributed by atoms with van der Waals surface area (Å²) in [6.07, 6.45) is 3.65. The van der Waals surface area contributed by atoms with Crippen molar-refractivity contribution in [1.29, 1.82) is 0 Å². The van der Waals surface area contributed by atoms with Crippen molar-refractivity contribution in [3.63, 3.8) is 0 Å². The maximum absolute atomic E-state index is 12.2. The van der Waals surface area contributed by atoms with Gasteiger partial charge in [-0.2, -0.15) is 0 Å². The molecular formula is C17H26N2O2. The fraction of sp³-hybridized carbons (Fsp3) is 0.471. The highest BCUT2D eigenvalue weighted by Crippen LogP contribution is 2.23. The predicted octanol–water partition coefficient (Wildman–Crippen LogP) is 3.31. The summed E-state index contributed by atoms with van der Waals surface area (Å²) < 4.78 is 5.57. The predicted molar refractivity (Wildman–Crippen MR) is 87.8 cm³/mol. The lowest BCUT2D eigenvalue weighted by Crippen LogP contribution is -2.36. The first-order chi connectivity index (χ1) is 10.2. The average Bonchev–Trinajstić information content (AvgIpc) is 2.51. The Morgan fingerprint density at radius 1 is 1.29 bits per heavy atom. The topological polar surface area (TPSA) is 41.6 Å². The van der Waals surface area contributed by atoms with Crippen LogP contribution in [0.25, 0.3) is 0 Å². The lowest BCUT2D eigenvalue weighted by atomic mass is 10.3. The van der Waals surface area contributed by atoms with E-state index in [1.807, 2.05) is 29.2 Å². The van der Waals surface area contributed by atoms with E-state index in [1.54, 1.807) is 6.08 Å². The van der Waals surface area contributed by atoms with Crippen LogP contribution in [0.15, 0.2) is 36.9 Å². The molecule has 0 bridgehead atoms. The molecule has 1 rings (SSSR count). The third kappa shape index (κ3) is 5.90. The third-order valence-electron chi connectivity index (χ3n) is 3.01. The molecule has 116 valence electrons. The molecule has 21 heavy (non-hydrogen) atoms. The first kappa shape index (κ1) is 17.1. The molecule has 1 N–H and O–H groups in total. The van der Waals surface area contributed by atoms with Gasteiger partial charge in [0.15, 0.2) is 0 Å². The number of ether oxygens (including phenoxy) is 1. The number of para-hydroxylation sites is 2. The van der Waals surface area contributed by atoms with Gasteiger partial charge in [0.2, 0.25) is 5.91 Å². The fourth-order valence-corrected chi connectivity index (χ4v) is 2.07. The van der Waals surface area contributed by atoms with Gasteiger partial charge < -0.3 is 15.0 Å². The van der Waals surface area contributed by atoms with Crippen molar-refractivity contribution in [3.05, 3.63) is 36.9 Å². The summed E-state index contributed by atoms with van der Waals surface area (Å²) in [5.41, 5.74) is 0.834. The molecule has 0 atom stereocenters. The third-order valence-corrected chi connectivity index (χ3v) is 3.01. The SMILES string of the molecule is C=CCOc1ccccc1NCC(=O)N(CCC)CCC. The van der Waals surface area contributed by atoms with Gasteiger partial charge in [0, 0.05) is 13.1 Å². The number of hydrogen-bond acceptors (Lipinski definition) is 3. The molecule has 0 unspecified atom stereocenters. The molecule has 0 saturated heterocycles. The summed E-state index contributed by atoms with van der Waals surface area (Å²) in [6.45, 7) is 10.2. The van der Waals surface area contributed by atoms with E-state index >= 15 is 0 Å². The normalized spacial score (nSPS) is 10.0. The van der Waals surface area contributed by atoms with Crippen LogP contribution in [0, 0.1) is 0 Å². The van der Waals surface area contributed by atoms with Crippen molar-refractivity contribution in [2.45, 2.75) is 26.7 Å². The standard InChI is InChI=1S/C17H26N2O2/c1-4-11-19(12-5-2)17(20)14-18-15-9-7-8-10-16(15)21-13-6-3/h6-10,18H,3-5,11-14H2,1-2H3. The molecule has 1 amide bonds. The Hall–Kier alpha value is -1.97. The van der Waals surface area contributed by atoms with Crippen LogP contribution in [0.3, 0.4) is 0 Å². The molecule has 0 fully saturated rings. The Bertz CT molecular complexity index is 440. The molecule has 0 aliphatic rings. The Morgan fingerprint density at radius 2 is 1.95 bits per heavy atom. The molecule has 0 saturated carbocycles. The molecule has 4 heteroatoms. The number of nitrogens with one attached hydrogen (secondary N) is 1. The zero-order chi connectivity index (χ0) is 15.5. The van der Waals surface area contributed by atoms with Crippen molar-refractivity contribution in [3.8, 4) is 5.75 Å². The second-order valence-electron chi connectivity index (χ2n) is 4.83.